The summed E-state index contributed by atoms with van der Waals surface area (Å²) in [6.07, 6.45) is 7.88. The Hall–Kier alpha value is -1.85. The van der Waals surface area contributed by atoms with E-state index in [1.807, 2.05) is 43.7 Å². The molecule has 0 bridgehead atoms. The van der Waals surface area contributed by atoms with Gasteiger partial charge in [0.15, 0.2) is 5.70 Å². The molecule has 5 nitrogen and oxygen atoms in total. The lowest BCUT2D eigenvalue weighted by atomic mass is 9.95. The van der Waals surface area contributed by atoms with Crippen LogP contribution in [0.5, 0.6) is 0 Å². The Morgan fingerprint density at radius 2 is 1.86 bits per heavy atom. The Morgan fingerprint density at radius 1 is 1.23 bits per heavy atom. The summed E-state index contributed by atoms with van der Waals surface area (Å²) in [5, 5.41) is 12.1. The lowest BCUT2D eigenvalue weighted by molar-refractivity contribution is -0.855. The lowest BCUT2D eigenvalue weighted by Gasteiger charge is -2.25. The number of anilines is 1. The predicted octanol–water partition coefficient (Wildman–Crippen LogP) is 1.60. The van der Waals surface area contributed by atoms with Crippen LogP contribution in [-0.2, 0) is 4.79 Å². The third-order valence-electron chi connectivity index (χ3n) is 4.30. The Labute approximate surface area is 132 Å². The van der Waals surface area contributed by atoms with E-state index >= 15 is 0 Å². The number of nitrogens with one attached hydrogen (secondary N) is 3. The number of carbonyl (C=O) groups excluding carboxylic acids is 1. The minimum Gasteiger partial charge on any atom is -0.320 e. The number of quaternary nitrogens is 1. The van der Waals surface area contributed by atoms with E-state index in [0.29, 0.717) is 11.7 Å². The first-order valence-electron chi connectivity index (χ1n) is 7.93. The molecule has 0 aliphatic heterocycles. The van der Waals surface area contributed by atoms with Gasteiger partial charge in [0.1, 0.15) is 6.20 Å². The van der Waals surface area contributed by atoms with Crippen molar-refractivity contribution in [1.29, 1.82) is 0 Å². The van der Waals surface area contributed by atoms with E-state index in [1.54, 1.807) is 6.20 Å². The van der Waals surface area contributed by atoms with Gasteiger partial charge in [-0.1, -0.05) is 24.1 Å². The SMILES string of the molecule is Cc1ccc(NC(=O)C(=C[NH+](C)C2CCCCC2)NO)cc1. The van der Waals surface area contributed by atoms with Crippen molar-refractivity contribution < 1.29 is 14.9 Å². The van der Waals surface area contributed by atoms with Gasteiger partial charge in [0, 0.05) is 5.69 Å². The second kappa shape index (κ2) is 7.96. The number of carbonyl (C=O) groups is 1. The number of benzene rings is 1. The molecule has 22 heavy (non-hydrogen) atoms. The molecule has 0 aromatic heterocycles. The zero-order chi connectivity index (χ0) is 15.9. The molecule has 1 aromatic rings. The summed E-state index contributed by atoms with van der Waals surface area (Å²) < 4.78 is 0. The third-order valence-corrected chi connectivity index (χ3v) is 4.30. The van der Waals surface area contributed by atoms with Crippen molar-refractivity contribution in [1.82, 2.24) is 5.48 Å². The summed E-state index contributed by atoms with van der Waals surface area (Å²) in [5.41, 5.74) is 4.07. The first-order valence-corrected chi connectivity index (χ1v) is 7.93. The number of hydrogen-bond acceptors (Lipinski definition) is 3. The molecule has 1 amide bonds. The number of hydrogen-bond donors (Lipinski definition) is 4. The first-order chi connectivity index (χ1) is 10.6. The highest BCUT2D eigenvalue weighted by atomic mass is 16.5. The summed E-state index contributed by atoms with van der Waals surface area (Å²) in [4.78, 5) is 13.4. The van der Waals surface area contributed by atoms with Crippen molar-refractivity contribution in [2.24, 2.45) is 0 Å². The van der Waals surface area contributed by atoms with Crippen LogP contribution in [0, 0.1) is 6.92 Å². The van der Waals surface area contributed by atoms with E-state index in [1.165, 1.54) is 32.1 Å². The van der Waals surface area contributed by atoms with Crippen molar-refractivity contribution in [2.75, 3.05) is 12.4 Å². The summed E-state index contributed by atoms with van der Waals surface area (Å²) in [6, 6.07) is 8.08. The maximum atomic E-state index is 12.2. The van der Waals surface area contributed by atoms with Crippen LogP contribution in [0.3, 0.4) is 0 Å². The van der Waals surface area contributed by atoms with Crippen LogP contribution in [0.2, 0.25) is 0 Å². The number of rotatable bonds is 5. The van der Waals surface area contributed by atoms with Gasteiger partial charge in [-0.25, -0.2) is 0 Å². The highest BCUT2D eigenvalue weighted by Gasteiger charge is 2.22. The molecule has 1 aliphatic carbocycles. The molecule has 1 saturated carbocycles. The van der Waals surface area contributed by atoms with Crippen molar-refractivity contribution in [3.8, 4) is 0 Å². The standard InChI is InChI=1S/C17H25N3O2/c1-13-8-10-14(11-9-13)18-17(21)16(19-22)12-20(2)15-6-4-3-5-7-15/h8-12,15,19,22H,3-7H2,1-2H3,(H,18,21)/p+1. The van der Waals surface area contributed by atoms with E-state index in [2.05, 4.69) is 5.32 Å². The van der Waals surface area contributed by atoms with Gasteiger partial charge in [-0.05, 0) is 44.7 Å². The Balaban J connectivity index is 2.00. The van der Waals surface area contributed by atoms with Crippen LogP contribution in [0.4, 0.5) is 5.69 Å². The molecule has 0 radical (unpaired) electrons. The van der Waals surface area contributed by atoms with Gasteiger partial charge in [0.2, 0.25) is 0 Å². The van der Waals surface area contributed by atoms with Gasteiger partial charge >= 0.3 is 0 Å². The average Bonchev–Trinajstić information content (AvgIpc) is 2.55. The molecular formula is C17H26N3O2+. The summed E-state index contributed by atoms with van der Waals surface area (Å²) in [5.74, 6) is -0.332. The highest BCUT2D eigenvalue weighted by Crippen LogP contribution is 2.15. The molecule has 1 unspecified atom stereocenters. The fourth-order valence-electron chi connectivity index (χ4n) is 2.89. The van der Waals surface area contributed by atoms with Crippen LogP contribution < -0.4 is 15.7 Å². The monoisotopic (exact) mass is 304 g/mol. The number of hydroxylamine groups is 1. The van der Waals surface area contributed by atoms with Gasteiger partial charge in [0.05, 0.1) is 13.1 Å². The second-order valence-electron chi connectivity index (χ2n) is 6.07. The number of amides is 1. The fraction of sp³-hybridized carbons (Fsp3) is 0.471. The lowest BCUT2D eigenvalue weighted by Crippen LogP contribution is -3.09. The average molecular weight is 304 g/mol. The van der Waals surface area contributed by atoms with Crippen molar-refractivity contribution in [3.63, 3.8) is 0 Å². The number of aryl methyl sites for hydroxylation is 1. The molecule has 1 aliphatic rings. The maximum absolute atomic E-state index is 12.2. The van der Waals surface area contributed by atoms with Crippen molar-refractivity contribution in [2.45, 2.75) is 45.1 Å². The maximum Gasteiger partial charge on any atom is 0.279 e. The second-order valence-corrected chi connectivity index (χ2v) is 6.07. The Kier molecular flexibility index (Phi) is 5.98. The highest BCUT2D eigenvalue weighted by molar-refractivity contribution is 6.02. The molecule has 0 heterocycles. The molecule has 4 N–H and O–H groups in total. The summed E-state index contributed by atoms with van der Waals surface area (Å²) in [6.45, 7) is 1.99. The van der Waals surface area contributed by atoms with Gasteiger partial charge < -0.3 is 10.2 Å². The zero-order valence-corrected chi connectivity index (χ0v) is 13.4. The van der Waals surface area contributed by atoms with Crippen LogP contribution in [-0.4, -0.2) is 24.2 Å². The molecule has 5 heteroatoms. The van der Waals surface area contributed by atoms with E-state index in [-0.39, 0.29) is 11.6 Å². The molecule has 120 valence electrons. The van der Waals surface area contributed by atoms with E-state index < -0.39 is 0 Å². The normalized spacial score (nSPS) is 17.9. The molecule has 0 saturated heterocycles. The summed E-state index contributed by atoms with van der Waals surface area (Å²) >= 11 is 0. The van der Waals surface area contributed by atoms with E-state index in [4.69, 9.17) is 0 Å². The van der Waals surface area contributed by atoms with Crippen molar-refractivity contribution in [3.05, 3.63) is 41.7 Å². The molecule has 1 atom stereocenters. The van der Waals surface area contributed by atoms with Crippen LogP contribution in [0.1, 0.15) is 37.7 Å². The van der Waals surface area contributed by atoms with Gasteiger partial charge in [-0.15, -0.1) is 0 Å². The molecule has 1 fully saturated rings. The van der Waals surface area contributed by atoms with Gasteiger partial charge in [0.25, 0.3) is 5.91 Å². The molecular weight excluding hydrogens is 278 g/mol. The largest absolute Gasteiger partial charge is 0.320 e. The minimum atomic E-state index is -0.332. The van der Waals surface area contributed by atoms with Crippen LogP contribution in [0.15, 0.2) is 36.2 Å². The van der Waals surface area contributed by atoms with E-state index in [9.17, 15) is 10.0 Å². The quantitative estimate of drug-likeness (QED) is 0.493. The Morgan fingerprint density at radius 3 is 2.45 bits per heavy atom. The van der Waals surface area contributed by atoms with Gasteiger partial charge in [-0.2, -0.15) is 0 Å². The summed E-state index contributed by atoms with van der Waals surface area (Å²) in [7, 11) is 2.03. The smallest absolute Gasteiger partial charge is 0.279 e. The van der Waals surface area contributed by atoms with E-state index in [0.717, 1.165) is 10.5 Å². The van der Waals surface area contributed by atoms with Crippen LogP contribution >= 0.6 is 0 Å². The van der Waals surface area contributed by atoms with Crippen molar-refractivity contribution >= 4 is 11.6 Å². The predicted molar refractivity (Wildman–Crippen MR) is 86.6 cm³/mol. The first kappa shape index (κ1) is 16.5. The minimum absolute atomic E-state index is 0.184. The molecule has 2 rings (SSSR count). The molecule has 0 spiro atoms. The fourth-order valence-corrected chi connectivity index (χ4v) is 2.89. The van der Waals surface area contributed by atoms with Gasteiger partial charge in [-0.3, -0.25) is 15.5 Å². The zero-order valence-electron chi connectivity index (χ0n) is 13.4. The van der Waals surface area contributed by atoms with Crippen LogP contribution in [0.25, 0.3) is 0 Å². The topological polar surface area (TPSA) is 65.8 Å². The third kappa shape index (κ3) is 4.58. The molecule has 1 aromatic carbocycles. The Bertz CT molecular complexity index is 519.